The number of aryl methyl sites for hydroxylation is 1. The first kappa shape index (κ1) is 15.3. The molecule has 0 aromatic carbocycles. The average molecular weight is 301 g/mol. The first-order chi connectivity index (χ1) is 9.84. The minimum Gasteiger partial charge on any atom is -0.383 e. The average Bonchev–Trinajstić information content (AvgIpc) is 2.72. The number of aromatic nitrogens is 2. The summed E-state index contributed by atoms with van der Waals surface area (Å²) in [6.45, 7) is 2.15. The summed E-state index contributed by atoms with van der Waals surface area (Å²) < 4.78 is 44.2. The lowest BCUT2D eigenvalue weighted by Gasteiger charge is -2.09. The van der Waals surface area contributed by atoms with Gasteiger partial charge >= 0.3 is 6.18 Å². The van der Waals surface area contributed by atoms with E-state index < -0.39 is 17.6 Å². The van der Waals surface area contributed by atoms with Crippen molar-refractivity contribution in [2.75, 3.05) is 20.3 Å². The van der Waals surface area contributed by atoms with E-state index in [-0.39, 0.29) is 17.9 Å². The summed E-state index contributed by atoms with van der Waals surface area (Å²) in [6, 6.07) is 2.18. The van der Waals surface area contributed by atoms with Crippen molar-refractivity contribution < 1.29 is 22.7 Å². The number of alkyl halides is 3. The summed E-state index contributed by atoms with van der Waals surface area (Å²) in [5, 5.41) is 2.57. The van der Waals surface area contributed by atoms with Gasteiger partial charge in [0.25, 0.3) is 5.91 Å². The largest absolute Gasteiger partial charge is 0.417 e. The lowest BCUT2D eigenvalue weighted by molar-refractivity contribution is -0.137. The van der Waals surface area contributed by atoms with Crippen molar-refractivity contribution in [2.24, 2.45) is 0 Å². The molecule has 0 aliphatic carbocycles. The molecule has 0 saturated heterocycles. The Balaban J connectivity index is 2.42. The number of hydrogen-bond acceptors (Lipinski definition) is 3. The zero-order chi connectivity index (χ0) is 15.6. The number of rotatable bonds is 4. The molecule has 0 bridgehead atoms. The Kier molecular flexibility index (Phi) is 4.17. The number of methoxy groups -OCH3 is 1. The minimum absolute atomic E-state index is 0.0900. The number of nitrogens with one attached hydrogen (secondary N) is 1. The third-order valence-corrected chi connectivity index (χ3v) is 2.93. The topological polar surface area (TPSA) is 55.6 Å². The van der Waals surface area contributed by atoms with E-state index in [1.54, 1.807) is 6.92 Å². The Bertz CT molecular complexity index is 664. The fourth-order valence-corrected chi connectivity index (χ4v) is 1.95. The van der Waals surface area contributed by atoms with Crippen LogP contribution in [-0.4, -0.2) is 35.6 Å². The lowest BCUT2D eigenvalue weighted by Crippen LogP contribution is -2.28. The van der Waals surface area contributed by atoms with E-state index in [9.17, 15) is 18.0 Å². The number of carbonyl (C=O) groups is 1. The van der Waals surface area contributed by atoms with Crippen LogP contribution in [0.4, 0.5) is 13.2 Å². The van der Waals surface area contributed by atoms with E-state index in [2.05, 4.69) is 10.3 Å². The van der Waals surface area contributed by atoms with Crippen molar-refractivity contribution in [3.63, 3.8) is 0 Å². The van der Waals surface area contributed by atoms with Crippen LogP contribution in [0.25, 0.3) is 5.65 Å². The number of halogens is 3. The van der Waals surface area contributed by atoms with E-state index in [0.717, 1.165) is 16.7 Å². The SMILES string of the molecule is COCCNC(=O)c1c(C)nc2ccc(C(F)(F)F)cn12. The molecule has 0 saturated carbocycles. The van der Waals surface area contributed by atoms with E-state index >= 15 is 0 Å². The van der Waals surface area contributed by atoms with Crippen LogP contribution in [0.2, 0.25) is 0 Å². The highest BCUT2D eigenvalue weighted by molar-refractivity contribution is 5.94. The molecule has 2 rings (SSSR count). The van der Waals surface area contributed by atoms with Crippen molar-refractivity contribution in [3.05, 3.63) is 35.3 Å². The number of nitrogens with zero attached hydrogens (tertiary/aromatic N) is 2. The van der Waals surface area contributed by atoms with Crippen molar-refractivity contribution >= 4 is 11.6 Å². The molecule has 0 spiro atoms. The van der Waals surface area contributed by atoms with Crippen LogP contribution in [0.5, 0.6) is 0 Å². The van der Waals surface area contributed by atoms with Gasteiger partial charge in [0.05, 0.1) is 17.9 Å². The van der Waals surface area contributed by atoms with Gasteiger partial charge in [0.15, 0.2) is 0 Å². The molecule has 0 aliphatic rings. The van der Waals surface area contributed by atoms with Crippen LogP contribution in [0, 0.1) is 6.92 Å². The Morgan fingerprint density at radius 2 is 2.14 bits per heavy atom. The van der Waals surface area contributed by atoms with Crippen molar-refractivity contribution in [1.29, 1.82) is 0 Å². The van der Waals surface area contributed by atoms with Crippen LogP contribution < -0.4 is 5.32 Å². The van der Waals surface area contributed by atoms with Gasteiger partial charge in [0, 0.05) is 19.9 Å². The number of imidazole rings is 1. The number of amides is 1. The monoisotopic (exact) mass is 301 g/mol. The molecule has 1 amide bonds. The first-order valence-corrected chi connectivity index (χ1v) is 6.17. The van der Waals surface area contributed by atoms with Gasteiger partial charge in [0.1, 0.15) is 11.3 Å². The Hall–Kier alpha value is -2.09. The molecule has 2 aromatic heterocycles. The van der Waals surface area contributed by atoms with E-state index in [1.807, 2.05) is 0 Å². The smallest absolute Gasteiger partial charge is 0.383 e. The minimum atomic E-state index is -4.48. The lowest BCUT2D eigenvalue weighted by atomic mass is 10.2. The standard InChI is InChI=1S/C13H14F3N3O2/c1-8-11(12(20)17-5-6-21-2)19-7-9(13(14,15)16)3-4-10(19)18-8/h3-4,7H,5-6H2,1-2H3,(H,17,20). The van der Waals surface area contributed by atoms with Gasteiger partial charge < -0.3 is 10.1 Å². The Labute approximate surface area is 118 Å². The summed E-state index contributed by atoms with van der Waals surface area (Å²) in [4.78, 5) is 16.2. The quantitative estimate of drug-likeness (QED) is 0.879. The van der Waals surface area contributed by atoms with E-state index in [1.165, 1.54) is 13.2 Å². The molecule has 21 heavy (non-hydrogen) atoms. The number of fused-ring (bicyclic) bond motifs is 1. The molecule has 8 heteroatoms. The van der Waals surface area contributed by atoms with Crippen molar-refractivity contribution in [3.8, 4) is 0 Å². The first-order valence-electron chi connectivity index (χ1n) is 6.17. The van der Waals surface area contributed by atoms with Gasteiger partial charge in [-0.3, -0.25) is 9.20 Å². The number of ether oxygens (including phenoxy) is 1. The molecule has 0 fully saturated rings. The molecule has 0 aliphatic heterocycles. The van der Waals surface area contributed by atoms with Gasteiger partial charge in [0.2, 0.25) is 0 Å². The van der Waals surface area contributed by atoms with Gasteiger partial charge in [-0.25, -0.2) is 4.98 Å². The second kappa shape index (κ2) is 5.72. The molecule has 2 aromatic rings. The highest BCUT2D eigenvalue weighted by Crippen LogP contribution is 2.29. The van der Waals surface area contributed by atoms with Crippen molar-refractivity contribution in [1.82, 2.24) is 14.7 Å². The van der Waals surface area contributed by atoms with Gasteiger partial charge in [-0.05, 0) is 19.1 Å². The second-order valence-corrected chi connectivity index (χ2v) is 4.44. The predicted octanol–water partition coefficient (Wildman–Crippen LogP) is 2.04. The third kappa shape index (κ3) is 3.15. The van der Waals surface area contributed by atoms with E-state index in [4.69, 9.17) is 4.74 Å². The van der Waals surface area contributed by atoms with Gasteiger partial charge in [-0.15, -0.1) is 0 Å². The number of hydrogen-bond donors (Lipinski definition) is 1. The maximum Gasteiger partial charge on any atom is 0.417 e. The number of carbonyl (C=O) groups excluding carboxylic acids is 1. The fraction of sp³-hybridized carbons (Fsp3) is 0.385. The highest BCUT2D eigenvalue weighted by atomic mass is 19.4. The van der Waals surface area contributed by atoms with Gasteiger partial charge in [-0.2, -0.15) is 13.2 Å². The molecular weight excluding hydrogens is 287 g/mol. The number of pyridine rings is 1. The van der Waals surface area contributed by atoms with Crippen molar-refractivity contribution in [2.45, 2.75) is 13.1 Å². The summed E-state index contributed by atoms with van der Waals surface area (Å²) in [5.74, 6) is -0.489. The summed E-state index contributed by atoms with van der Waals surface area (Å²) in [5.41, 5.74) is -0.0906. The molecule has 1 N–H and O–H groups in total. The third-order valence-electron chi connectivity index (χ3n) is 2.93. The fourth-order valence-electron chi connectivity index (χ4n) is 1.95. The molecule has 5 nitrogen and oxygen atoms in total. The van der Waals surface area contributed by atoms with E-state index in [0.29, 0.717) is 12.3 Å². The molecule has 2 heterocycles. The van der Waals surface area contributed by atoms with Crippen LogP contribution in [-0.2, 0) is 10.9 Å². The van der Waals surface area contributed by atoms with Crippen LogP contribution >= 0.6 is 0 Å². The maximum absolute atomic E-state index is 12.8. The molecule has 114 valence electrons. The zero-order valence-electron chi connectivity index (χ0n) is 11.5. The van der Waals surface area contributed by atoms with Gasteiger partial charge in [-0.1, -0.05) is 0 Å². The normalized spacial score (nSPS) is 11.9. The molecule has 0 radical (unpaired) electrons. The summed E-state index contributed by atoms with van der Waals surface area (Å²) in [7, 11) is 1.49. The predicted molar refractivity (Wildman–Crippen MR) is 69.1 cm³/mol. The molecule has 0 unspecified atom stereocenters. The molecule has 0 atom stereocenters. The summed E-state index contributed by atoms with van der Waals surface area (Å²) in [6.07, 6.45) is -3.60. The summed E-state index contributed by atoms with van der Waals surface area (Å²) >= 11 is 0. The van der Waals surface area contributed by atoms with Crippen LogP contribution in [0.1, 0.15) is 21.7 Å². The maximum atomic E-state index is 12.8. The van der Waals surface area contributed by atoms with Crippen LogP contribution in [0.3, 0.4) is 0 Å². The van der Waals surface area contributed by atoms with Crippen LogP contribution in [0.15, 0.2) is 18.3 Å². The Morgan fingerprint density at radius 1 is 1.43 bits per heavy atom. The molecular formula is C13H14F3N3O2. The second-order valence-electron chi connectivity index (χ2n) is 4.44. The highest BCUT2D eigenvalue weighted by Gasteiger charge is 2.31. The zero-order valence-corrected chi connectivity index (χ0v) is 11.5. The Morgan fingerprint density at radius 3 is 2.76 bits per heavy atom.